The fourth-order valence-corrected chi connectivity index (χ4v) is 9.68. The summed E-state index contributed by atoms with van der Waals surface area (Å²) in [6.07, 6.45) is 0.609. The highest BCUT2D eigenvalue weighted by Crippen LogP contribution is 2.59. The van der Waals surface area contributed by atoms with Crippen molar-refractivity contribution in [3.05, 3.63) is 132 Å². The third-order valence-electron chi connectivity index (χ3n) is 7.19. The van der Waals surface area contributed by atoms with Crippen LogP contribution in [0.4, 0.5) is 10.3 Å². The van der Waals surface area contributed by atoms with Gasteiger partial charge in [0, 0.05) is 18.2 Å². The van der Waals surface area contributed by atoms with Gasteiger partial charge in [0.1, 0.15) is 35.2 Å². The van der Waals surface area contributed by atoms with E-state index in [1.54, 1.807) is 12.1 Å². The number of hydrogen-bond donors (Lipinski definition) is 1. The summed E-state index contributed by atoms with van der Waals surface area (Å²) < 4.78 is 37.1. The van der Waals surface area contributed by atoms with E-state index in [0.29, 0.717) is 11.9 Å². The Bertz CT molecular complexity index is 1540. The molecule has 4 aromatic carbocycles. The number of hydrogen-bond acceptors (Lipinski definition) is 3. The van der Waals surface area contributed by atoms with Crippen molar-refractivity contribution in [1.82, 2.24) is 9.97 Å². The summed E-state index contributed by atoms with van der Waals surface area (Å²) in [5, 5.41) is 3.65. The zero-order chi connectivity index (χ0) is 29.0. The Hall–Kier alpha value is -3.77. The van der Waals surface area contributed by atoms with Gasteiger partial charge in [-0.3, -0.25) is 4.55 Å². The van der Waals surface area contributed by atoms with E-state index >= 15 is 0 Å². The summed E-state index contributed by atoms with van der Waals surface area (Å²) in [6.45, 7) is 4.13. The fourth-order valence-electron chi connectivity index (χ4n) is 5.19. The molecule has 1 N–H and O–H groups in total. The van der Waals surface area contributed by atoms with E-state index in [4.69, 9.17) is 9.97 Å². The molecule has 0 aliphatic heterocycles. The molecule has 41 heavy (non-hydrogen) atoms. The van der Waals surface area contributed by atoms with Gasteiger partial charge in [-0.1, -0.05) is 68.4 Å². The maximum atomic E-state index is 14.1. The standard InChI is InChI=1S/C33H31FN3O2PS/c1-24(2)31-30(32(25-19-21-26(34)22-20-25)36-33(35-31)37(3)41(38)39)23-40(27-13-7-4-8-14-27,28-15-9-5-10-16-28)29-17-11-6-12-18-29/h4-22,24H,23H2,1-3H3/p+1. The summed E-state index contributed by atoms with van der Waals surface area (Å²) in [4.78, 5) is 9.73. The SMILES string of the molecule is CC(C)c1nc(N(C)S(=O)O)nc(-c2ccc(F)cc2)c1C[P+](c1ccccc1)(c1ccccc1)c1ccccc1. The first-order chi connectivity index (χ1) is 19.8. The zero-order valence-corrected chi connectivity index (χ0v) is 24.9. The molecular weight excluding hydrogens is 552 g/mol. The molecule has 0 amide bonds. The molecule has 0 aliphatic rings. The van der Waals surface area contributed by atoms with Crippen LogP contribution in [-0.4, -0.2) is 25.8 Å². The Morgan fingerprint density at radius 2 is 1.24 bits per heavy atom. The molecule has 0 spiro atoms. The molecule has 208 valence electrons. The molecule has 0 aliphatic carbocycles. The van der Waals surface area contributed by atoms with Gasteiger partial charge < -0.3 is 0 Å². The second-order valence-electron chi connectivity index (χ2n) is 10.1. The van der Waals surface area contributed by atoms with Gasteiger partial charge in [0.05, 0.1) is 11.4 Å². The van der Waals surface area contributed by atoms with Crippen LogP contribution in [0.15, 0.2) is 115 Å². The summed E-state index contributed by atoms with van der Waals surface area (Å²) in [7, 11) is -0.849. The van der Waals surface area contributed by atoms with Gasteiger partial charge in [0.25, 0.3) is 11.3 Å². The predicted octanol–water partition coefficient (Wildman–Crippen LogP) is 6.47. The molecule has 1 aromatic heterocycles. The topological polar surface area (TPSA) is 66.3 Å². The maximum Gasteiger partial charge on any atom is 0.264 e. The summed E-state index contributed by atoms with van der Waals surface area (Å²) in [5.41, 5.74) is 3.08. The van der Waals surface area contributed by atoms with E-state index in [9.17, 15) is 13.2 Å². The second kappa shape index (κ2) is 12.4. The highest BCUT2D eigenvalue weighted by molar-refractivity contribution is 7.95. The lowest BCUT2D eigenvalue weighted by Crippen LogP contribution is -2.33. The minimum Gasteiger partial charge on any atom is -0.289 e. The van der Waals surface area contributed by atoms with Crippen LogP contribution in [0.1, 0.15) is 31.0 Å². The smallest absolute Gasteiger partial charge is 0.264 e. The number of nitrogens with zero attached hydrogens (tertiary/aromatic N) is 3. The Balaban J connectivity index is 1.88. The molecule has 0 bridgehead atoms. The van der Waals surface area contributed by atoms with Gasteiger partial charge in [0.2, 0.25) is 5.95 Å². The number of rotatable bonds is 9. The van der Waals surface area contributed by atoms with E-state index in [-0.39, 0.29) is 17.7 Å². The molecule has 1 unspecified atom stereocenters. The lowest BCUT2D eigenvalue weighted by atomic mass is 9.99. The Kier molecular flexibility index (Phi) is 8.69. The number of benzene rings is 4. The van der Waals surface area contributed by atoms with Crippen LogP contribution < -0.4 is 20.2 Å². The normalized spacial score (nSPS) is 12.3. The first-order valence-electron chi connectivity index (χ1n) is 13.4. The van der Waals surface area contributed by atoms with E-state index in [2.05, 4.69) is 86.6 Å². The first kappa shape index (κ1) is 28.7. The fraction of sp³-hybridized carbons (Fsp3) is 0.152. The highest BCUT2D eigenvalue weighted by atomic mass is 32.2. The molecule has 0 radical (unpaired) electrons. The molecular formula is C33H32FN3O2PS+. The van der Waals surface area contributed by atoms with Crippen molar-refractivity contribution in [3.8, 4) is 11.3 Å². The minimum absolute atomic E-state index is 0.0179. The zero-order valence-electron chi connectivity index (χ0n) is 23.2. The van der Waals surface area contributed by atoms with Gasteiger partial charge in [-0.2, -0.15) is 0 Å². The molecule has 5 nitrogen and oxygen atoms in total. The van der Waals surface area contributed by atoms with Crippen LogP contribution in [0.5, 0.6) is 0 Å². The van der Waals surface area contributed by atoms with Crippen LogP contribution in [0.3, 0.4) is 0 Å². The number of halogens is 1. The maximum absolute atomic E-state index is 14.1. The number of aromatic nitrogens is 2. The van der Waals surface area contributed by atoms with Crippen molar-refractivity contribution in [2.75, 3.05) is 11.4 Å². The summed E-state index contributed by atoms with van der Waals surface area (Å²) in [6, 6.07) is 37.9. The van der Waals surface area contributed by atoms with E-state index in [1.807, 2.05) is 18.2 Å². The van der Waals surface area contributed by atoms with Gasteiger partial charge in [-0.15, -0.1) is 0 Å². The van der Waals surface area contributed by atoms with E-state index in [1.165, 1.54) is 35.1 Å². The van der Waals surface area contributed by atoms with Crippen LogP contribution >= 0.6 is 7.26 Å². The molecule has 5 aromatic rings. The van der Waals surface area contributed by atoms with Crippen LogP contribution in [-0.2, 0) is 17.4 Å². The average molecular weight is 585 g/mol. The Morgan fingerprint density at radius 1 is 0.780 bits per heavy atom. The summed E-state index contributed by atoms with van der Waals surface area (Å²) >= 11 is -2.31. The monoisotopic (exact) mass is 584 g/mol. The quantitative estimate of drug-likeness (QED) is 0.159. The van der Waals surface area contributed by atoms with Crippen molar-refractivity contribution in [3.63, 3.8) is 0 Å². The van der Waals surface area contributed by atoms with Gasteiger partial charge in [-0.25, -0.2) is 22.9 Å². The van der Waals surface area contributed by atoms with Crippen LogP contribution in [0, 0.1) is 5.82 Å². The van der Waals surface area contributed by atoms with Crippen molar-refractivity contribution >= 4 is 40.4 Å². The highest BCUT2D eigenvalue weighted by Gasteiger charge is 2.47. The largest absolute Gasteiger partial charge is 0.289 e. The Labute approximate surface area is 243 Å². The predicted molar refractivity (Wildman–Crippen MR) is 170 cm³/mol. The van der Waals surface area contributed by atoms with Gasteiger partial charge in [-0.05, 0) is 66.6 Å². The lowest BCUT2D eigenvalue weighted by molar-refractivity contribution is 0.561. The Morgan fingerprint density at radius 3 is 1.66 bits per heavy atom. The minimum atomic E-state index is -2.33. The molecule has 1 atom stereocenters. The van der Waals surface area contributed by atoms with E-state index < -0.39 is 18.5 Å². The third kappa shape index (κ3) is 5.84. The summed E-state index contributed by atoms with van der Waals surface area (Å²) in [5.74, 6) is -0.224. The molecule has 1 heterocycles. The molecule has 5 rings (SSSR count). The third-order valence-corrected chi connectivity index (χ3v) is 12.2. The van der Waals surface area contributed by atoms with E-state index in [0.717, 1.165) is 21.1 Å². The lowest BCUT2D eigenvalue weighted by Gasteiger charge is -2.30. The van der Waals surface area contributed by atoms with Crippen LogP contribution in [0.2, 0.25) is 0 Å². The van der Waals surface area contributed by atoms with Crippen molar-refractivity contribution in [2.24, 2.45) is 0 Å². The molecule has 0 saturated heterocycles. The molecule has 8 heteroatoms. The first-order valence-corrected chi connectivity index (χ1v) is 16.4. The van der Waals surface area contributed by atoms with Crippen molar-refractivity contribution in [1.29, 1.82) is 0 Å². The van der Waals surface area contributed by atoms with Crippen molar-refractivity contribution in [2.45, 2.75) is 25.9 Å². The number of anilines is 1. The van der Waals surface area contributed by atoms with Crippen molar-refractivity contribution < 1.29 is 13.2 Å². The molecule has 0 fully saturated rings. The van der Waals surface area contributed by atoms with Gasteiger partial charge >= 0.3 is 0 Å². The van der Waals surface area contributed by atoms with Crippen LogP contribution in [0.25, 0.3) is 11.3 Å². The second-order valence-corrected chi connectivity index (χ2v) is 14.6. The van der Waals surface area contributed by atoms with Gasteiger partial charge in [0.15, 0.2) is 0 Å². The average Bonchev–Trinajstić information content (AvgIpc) is 3.01. The molecule has 0 saturated carbocycles.